The van der Waals surface area contributed by atoms with Crippen LogP contribution >= 0.6 is 0 Å². The average Bonchev–Trinajstić information content (AvgIpc) is 2.18. The highest BCUT2D eigenvalue weighted by Gasteiger charge is 2.34. The Bertz CT molecular complexity index is 124. The summed E-state index contributed by atoms with van der Waals surface area (Å²) in [5.74, 6) is 0.334. The molecule has 1 aliphatic rings. The van der Waals surface area contributed by atoms with Crippen LogP contribution in [0.2, 0.25) is 0 Å². The molecule has 0 bridgehead atoms. The molecule has 2 heteroatoms. The second kappa shape index (κ2) is 4.24. The van der Waals surface area contributed by atoms with Crippen LogP contribution in [0.4, 0.5) is 0 Å². The van der Waals surface area contributed by atoms with Crippen molar-refractivity contribution >= 4 is 0 Å². The third-order valence-corrected chi connectivity index (χ3v) is 3.25. The van der Waals surface area contributed by atoms with Gasteiger partial charge >= 0.3 is 0 Å². The van der Waals surface area contributed by atoms with Crippen LogP contribution < -0.4 is 0 Å². The van der Waals surface area contributed by atoms with E-state index in [0.717, 1.165) is 12.8 Å². The van der Waals surface area contributed by atoms with E-state index < -0.39 is 5.60 Å². The van der Waals surface area contributed by atoms with E-state index >= 15 is 0 Å². The van der Waals surface area contributed by atoms with E-state index in [2.05, 4.69) is 0 Å². The van der Waals surface area contributed by atoms with E-state index in [1.54, 1.807) is 0 Å². The van der Waals surface area contributed by atoms with Gasteiger partial charge in [0.15, 0.2) is 0 Å². The molecule has 0 aromatic heterocycles. The number of aliphatic hydroxyl groups excluding tert-OH is 1. The van der Waals surface area contributed by atoms with Gasteiger partial charge in [0.1, 0.15) is 0 Å². The maximum atomic E-state index is 10.0. The zero-order valence-corrected chi connectivity index (χ0v) is 7.92. The molecule has 0 aliphatic heterocycles. The summed E-state index contributed by atoms with van der Waals surface area (Å²) in [5.41, 5.74) is -0.791. The lowest BCUT2D eigenvalue weighted by atomic mass is 9.76. The molecule has 0 amide bonds. The minimum Gasteiger partial charge on any atom is -0.393 e. The Morgan fingerprint density at radius 1 is 1.25 bits per heavy atom. The summed E-state index contributed by atoms with van der Waals surface area (Å²) >= 11 is 0. The minimum absolute atomic E-state index is 0.0752. The largest absolute Gasteiger partial charge is 0.393 e. The van der Waals surface area contributed by atoms with Gasteiger partial charge in [0.25, 0.3) is 0 Å². The van der Waals surface area contributed by atoms with Crippen molar-refractivity contribution in [2.75, 3.05) is 6.61 Å². The Labute approximate surface area is 74.6 Å². The van der Waals surface area contributed by atoms with Crippen molar-refractivity contribution in [3.8, 4) is 0 Å². The number of hydrogen-bond acceptors (Lipinski definition) is 2. The molecular formula is C10H20O2. The lowest BCUT2D eigenvalue weighted by Crippen LogP contribution is -2.41. The molecule has 0 heterocycles. The van der Waals surface area contributed by atoms with Crippen LogP contribution in [0, 0.1) is 5.92 Å². The molecular weight excluding hydrogens is 152 g/mol. The summed E-state index contributed by atoms with van der Waals surface area (Å²) in [6.07, 6.45) is 6.58. The van der Waals surface area contributed by atoms with Crippen molar-refractivity contribution in [2.24, 2.45) is 5.92 Å². The predicted molar refractivity (Wildman–Crippen MR) is 48.9 cm³/mol. The molecule has 1 rings (SSSR count). The van der Waals surface area contributed by atoms with Gasteiger partial charge in [-0.3, -0.25) is 0 Å². The highest BCUT2D eigenvalue weighted by molar-refractivity contribution is 4.86. The zero-order valence-electron chi connectivity index (χ0n) is 7.92. The van der Waals surface area contributed by atoms with E-state index in [9.17, 15) is 5.11 Å². The summed E-state index contributed by atoms with van der Waals surface area (Å²) in [6, 6.07) is 0. The van der Waals surface area contributed by atoms with Crippen molar-refractivity contribution in [3.63, 3.8) is 0 Å². The van der Waals surface area contributed by atoms with Crippen LogP contribution in [-0.2, 0) is 0 Å². The fourth-order valence-electron chi connectivity index (χ4n) is 2.17. The zero-order chi connectivity index (χ0) is 9.03. The molecule has 2 nitrogen and oxygen atoms in total. The Balaban J connectivity index is 2.51. The minimum atomic E-state index is -0.791. The molecule has 72 valence electrons. The summed E-state index contributed by atoms with van der Waals surface area (Å²) < 4.78 is 0. The van der Waals surface area contributed by atoms with Gasteiger partial charge in [-0.2, -0.15) is 0 Å². The Hall–Kier alpha value is -0.0800. The first kappa shape index (κ1) is 10.0. The molecule has 2 N–H and O–H groups in total. The number of rotatable bonds is 3. The second-order valence-corrected chi connectivity index (χ2v) is 3.95. The maximum Gasteiger partial charge on any atom is 0.0902 e. The molecule has 1 saturated carbocycles. The lowest BCUT2D eigenvalue weighted by Gasteiger charge is -2.36. The van der Waals surface area contributed by atoms with Crippen LogP contribution in [0.1, 0.15) is 45.4 Å². The monoisotopic (exact) mass is 172 g/mol. The highest BCUT2D eigenvalue weighted by atomic mass is 16.3. The van der Waals surface area contributed by atoms with Crippen molar-refractivity contribution in [1.82, 2.24) is 0 Å². The van der Waals surface area contributed by atoms with E-state index in [1.165, 1.54) is 19.3 Å². The van der Waals surface area contributed by atoms with Crippen molar-refractivity contribution in [3.05, 3.63) is 0 Å². The third-order valence-electron chi connectivity index (χ3n) is 3.25. The van der Waals surface area contributed by atoms with Crippen molar-refractivity contribution < 1.29 is 10.2 Å². The van der Waals surface area contributed by atoms with Gasteiger partial charge in [-0.05, 0) is 25.2 Å². The SMILES string of the molecule is CCC(O)(CO)C1CCCCC1. The molecule has 1 atom stereocenters. The summed E-state index contributed by atoms with van der Waals surface area (Å²) in [7, 11) is 0. The molecule has 12 heavy (non-hydrogen) atoms. The first-order valence-electron chi connectivity index (χ1n) is 5.06. The first-order chi connectivity index (χ1) is 5.73. The maximum absolute atomic E-state index is 10.0. The fourth-order valence-corrected chi connectivity index (χ4v) is 2.17. The molecule has 0 aromatic carbocycles. The Morgan fingerprint density at radius 2 is 1.83 bits per heavy atom. The summed E-state index contributed by atoms with van der Waals surface area (Å²) in [4.78, 5) is 0. The van der Waals surface area contributed by atoms with Gasteiger partial charge in [0.2, 0.25) is 0 Å². The number of hydrogen-bond donors (Lipinski definition) is 2. The van der Waals surface area contributed by atoms with Gasteiger partial charge < -0.3 is 10.2 Å². The Kier molecular flexibility index (Phi) is 3.53. The van der Waals surface area contributed by atoms with Gasteiger partial charge in [-0.25, -0.2) is 0 Å². The predicted octanol–water partition coefficient (Wildman–Crippen LogP) is 1.70. The molecule has 0 saturated heterocycles. The highest BCUT2D eigenvalue weighted by Crippen LogP contribution is 2.34. The third kappa shape index (κ3) is 1.99. The standard InChI is InChI=1S/C10H20O2/c1-2-10(12,8-11)9-6-4-3-5-7-9/h9,11-12H,2-8H2,1H3. The van der Waals surface area contributed by atoms with E-state index in [-0.39, 0.29) is 6.61 Å². The van der Waals surface area contributed by atoms with Gasteiger partial charge in [0, 0.05) is 0 Å². The van der Waals surface area contributed by atoms with Crippen LogP contribution in [0.5, 0.6) is 0 Å². The van der Waals surface area contributed by atoms with Crippen LogP contribution in [-0.4, -0.2) is 22.4 Å². The van der Waals surface area contributed by atoms with E-state index in [0.29, 0.717) is 12.3 Å². The van der Waals surface area contributed by atoms with Crippen molar-refractivity contribution in [1.29, 1.82) is 0 Å². The van der Waals surface area contributed by atoms with Crippen LogP contribution in [0.25, 0.3) is 0 Å². The smallest absolute Gasteiger partial charge is 0.0902 e. The molecule has 0 spiro atoms. The normalized spacial score (nSPS) is 25.2. The second-order valence-electron chi connectivity index (χ2n) is 3.95. The van der Waals surface area contributed by atoms with Crippen LogP contribution in [0.15, 0.2) is 0 Å². The van der Waals surface area contributed by atoms with Crippen molar-refractivity contribution in [2.45, 2.75) is 51.0 Å². The lowest BCUT2D eigenvalue weighted by molar-refractivity contribution is -0.0751. The van der Waals surface area contributed by atoms with E-state index in [1.807, 2.05) is 6.92 Å². The number of aliphatic hydroxyl groups is 2. The quantitative estimate of drug-likeness (QED) is 0.680. The van der Waals surface area contributed by atoms with Gasteiger partial charge in [-0.15, -0.1) is 0 Å². The molecule has 1 aliphatic carbocycles. The van der Waals surface area contributed by atoms with Gasteiger partial charge in [-0.1, -0.05) is 26.2 Å². The first-order valence-corrected chi connectivity index (χ1v) is 5.06. The summed E-state index contributed by atoms with van der Waals surface area (Å²) in [6.45, 7) is 1.87. The Morgan fingerprint density at radius 3 is 2.25 bits per heavy atom. The molecule has 1 fully saturated rings. The van der Waals surface area contributed by atoms with Gasteiger partial charge in [0.05, 0.1) is 12.2 Å². The molecule has 1 unspecified atom stereocenters. The van der Waals surface area contributed by atoms with E-state index in [4.69, 9.17) is 5.11 Å². The topological polar surface area (TPSA) is 40.5 Å². The summed E-state index contributed by atoms with van der Waals surface area (Å²) in [5, 5.41) is 19.1. The van der Waals surface area contributed by atoms with Crippen LogP contribution in [0.3, 0.4) is 0 Å². The fraction of sp³-hybridized carbons (Fsp3) is 1.00. The molecule has 0 radical (unpaired) electrons. The average molecular weight is 172 g/mol. The molecule has 0 aromatic rings.